The molecule has 0 saturated carbocycles. The maximum Gasteiger partial charge on any atom is 0.309 e. The quantitative estimate of drug-likeness (QED) is 0.591. The molecular weight excluding hydrogens is 196 g/mol. The van der Waals surface area contributed by atoms with Gasteiger partial charge in [-0.3, -0.25) is 10.1 Å². The summed E-state index contributed by atoms with van der Waals surface area (Å²) in [5, 5.41) is 13.5. The van der Waals surface area contributed by atoms with Gasteiger partial charge >= 0.3 is 5.69 Å². The van der Waals surface area contributed by atoms with Gasteiger partial charge in [-0.15, -0.1) is 0 Å². The number of rotatable bonds is 5. The van der Waals surface area contributed by atoms with Crippen LogP contribution in [0.15, 0.2) is 6.20 Å². The zero-order chi connectivity index (χ0) is 11.3. The molecule has 0 spiro atoms. The van der Waals surface area contributed by atoms with Crippen molar-refractivity contribution in [1.82, 2.24) is 9.97 Å². The highest BCUT2D eigenvalue weighted by molar-refractivity contribution is 5.38. The summed E-state index contributed by atoms with van der Waals surface area (Å²) in [6, 6.07) is 0. The van der Waals surface area contributed by atoms with Crippen molar-refractivity contribution in [3.8, 4) is 0 Å². The first kappa shape index (κ1) is 11.4. The maximum absolute atomic E-state index is 10.7. The van der Waals surface area contributed by atoms with Crippen LogP contribution in [0, 0.1) is 10.1 Å². The van der Waals surface area contributed by atoms with Crippen LogP contribution in [0.4, 0.5) is 11.6 Å². The number of hydrogen-bond acceptors (Lipinski definition) is 5. The van der Waals surface area contributed by atoms with Gasteiger partial charge in [-0.25, -0.2) is 9.97 Å². The number of nitro groups is 1. The van der Waals surface area contributed by atoms with Gasteiger partial charge in [0.25, 0.3) is 0 Å². The van der Waals surface area contributed by atoms with Crippen molar-refractivity contribution >= 4 is 11.6 Å². The SMILES string of the molecule is CCCCc1nc(NC)ncc1[N+](=O)[O-]. The summed E-state index contributed by atoms with van der Waals surface area (Å²) in [6.07, 6.45) is 3.74. The molecule has 0 unspecified atom stereocenters. The van der Waals surface area contributed by atoms with Gasteiger partial charge in [-0.1, -0.05) is 13.3 Å². The Kier molecular flexibility index (Phi) is 3.96. The average molecular weight is 210 g/mol. The van der Waals surface area contributed by atoms with E-state index in [1.807, 2.05) is 6.92 Å². The van der Waals surface area contributed by atoms with Crippen molar-refractivity contribution in [3.05, 3.63) is 22.0 Å². The van der Waals surface area contributed by atoms with Gasteiger partial charge in [0.15, 0.2) is 0 Å². The molecule has 0 aliphatic rings. The molecule has 15 heavy (non-hydrogen) atoms. The second-order valence-electron chi connectivity index (χ2n) is 3.14. The normalized spacial score (nSPS) is 10.0. The third kappa shape index (κ3) is 2.87. The van der Waals surface area contributed by atoms with E-state index < -0.39 is 4.92 Å². The number of hydrogen-bond donors (Lipinski definition) is 1. The Labute approximate surface area is 87.9 Å². The molecule has 1 N–H and O–H groups in total. The minimum atomic E-state index is -0.440. The molecule has 0 aliphatic carbocycles. The summed E-state index contributed by atoms with van der Waals surface area (Å²) < 4.78 is 0. The van der Waals surface area contributed by atoms with E-state index in [2.05, 4.69) is 15.3 Å². The largest absolute Gasteiger partial charge is 0.357 e. The van der Waals surface area contributed by atoms with Gasteiger partial charge in [0.2, 0.25) is 5.95 Å². The molecule has 0 aliphatic heterocycles. The topological polar surface area (TPSA) is 81.0 Å². The van der Waals surface area contributed by atoms with Crippen LogP contribution in [0.1, 0.15) is 25.5 Å². The fourth-order valence-corrected chi connectivity index (χ4v) is 1.21. The Morgan fingerprint density at radius 3 is 2.87 bits per heavy atom. The van der Waals surface area contributed by atoms with Crippen LogP contribution < -0.4 is 5.32 Å². The number of nitrogens with zero attached hydrogens (tertiary/aromatic N) is 3. The Bertz CT molecular complexity index is 354. The third-order valence-corrected chi connectivity index (χ3v) is 2.03. The first-order valence-corrected chi connectivity index (χ1v) is 4.87. The van der Waals surface area contributed by atoms with E-state index in [-0.39, 0.29) is 5.69 Å². The summed E-state index contributed by atoms with van der Waals surface area (Å²) in [4.78, 5) is 18.2. The van der Waals surface area contributed by atoms with Crippen LogP contribution in [-0.2, 0) is 6.42 Å². The van der Waals surface area contributed by atoms with Crippen molar-refractivity contribution in [1.29, 1.82) is 0 Å². The van der Waals surface area contributed by atoms with E-state index >= 15 is 0 Å². The predicted octanol–water partition coefficient (Wildman–Crippen LogP) is 1.77. The molecule has 82 valence electrons. The number of aryl methyl sites for hydroxylation is 1. The first-order chi connectivity index (χ1) is 7.19. The van der Waals surface area contributed by atoms with Crippen LogP contribution in [0.25, 0.3) is 0 Å². The Morgan fingerprint density at radius 2 is 2.33 bits per heavy atom. The summed E-state index contributed by atoms with van der Waals surface area (Å²) >= 11 is 0. The average Bonchev–Trinajstić information content (AvgIpc) is 2.25. The highest BCUT2D eigenvalue weighted by atomic mass is 16.6. The highest BCUT2D eigenvalue weighted by Crippen LogP contribution is 2.18. The summed E-state index contributed by atoms with van der Waals surface area (Å²) in [5.41, 5.74) is 0.503. The van der Waals surface area contributed by atoms with Gasteiger partial charge in [-0.05, 0) is 12.8 Å². The fourth-order valence-electron chi connectivity index (χ4n) is 1.21. The van der Waals surface area contributed by atoms with Crippen LogP contribution >= 0.6 is 0 Å². The van der Waals surface area contributed by atoms with Gasteiger partial charge in [-0.2, -0.15) is 0 Å². The lowest BCUT2D eigenvalue weighted by Crippen LogP contribution is -2.04. The molecule has 0 atom stereocenters. The van der Waals surface area contributed by atoms with Crippen LogP contribution in [0.3, 0.4) is 0 Å². The van der Waals surface area contributed by atoms with Crippen molar-refractivity contribution in [2.45, 2.75) is 26.2 Å². The Hall–Kier alpha value is -1.72. The molecule has 1 heterocycles. The molecule has 0 amide bonds. The van der Waals surface area contributed by atoms with Gasteiger partial charge in [0.05, 0.1) is 4.92 Å². The van der Waals surface area contributed by atoms with Gasteiger partial charge < -0.3 is 5.32 Å². The first-order valence-electron chi connectivity index (χ1n) is 4.87. The molecule has 1 aromatic rings. The minimum absolute atomic E-state index is 0.00227. The molecule has 0 radical (unpaired) electrons. The van der Waals surface area contributed by atoms with E-state index in [9.17, 15) is 10.1 Å². The van der Waals surface area contributed by atoms with Gasteiger partial charge in [0.1, 0.15) is 11.9 Å². The second kappa shape index (κ2) is 5.23. The molecule has 0 bridgehead atoms. The van der Waals surface area contributed by atoms with Gasteiger partial charge in [0, 0.05) is 7.05 Å². The summed E-state index contributed by atoms with van der Waals surface area (Å²) in [7, 11) is 1.69. The van der Waals surface area contributed by atoms with Crippen molar-refractivity contribution in [2.75, 3.05) is 12.4 Å². The molecule has 6 nitrogen and oxygen atoms in total. The number of nitrogens with one attached hydrogen (secondary N) is 1. The Morgan fingerprint density at radius 1 is 1.60 bits per heavy atom. The summed E-state index contributed by atoms with van der Waals surface area (Å²) in [5.74, 6) is 0.423. The van der Waals surface area contributed by atoms with Crippen molar-refractivity contribution in [3.63, 3.8) is 0 Å². The highest BCUT2D eigenvalue weighted by Gasteiger charge is 2.15. The molecule has 0 aromatic carbocycles. The molecule has 6 heteroatoms. The van der Waals surface area contributed by atoms with E-state index in [1.165, 1.54) is 6.20 Å². The lowest BCUT2D eigenvalue weighted by Gasteiger charge is -2.03. The van der Waals surface area contributed by atoms with Crippen molar-refractivity contribution in [2.24, 2.45) is 0 Å². The standard InChI is InChI=1S/C9H14N4O2/c1-3-4-5-7-8(13(14)15)6-11-9(10-2)12-7/h6H,3-5H2,1-2H3,(H,10,11,12). The predicted molar refractivity (Wildman–Crippen MR) is 56.8 cm³/mol. The molecule has 0 fully saturated rings. The monoisotopic (exact) mass is 210 g/mol. The lowest BCUT2D eigenvalue weighted by molar-refractivity contribution is -0.386. The Balaban J connectivity index is 2.99. The van der Waals surface area contributed by atoms with E-state index in [0.717, 1.165) is 12.8 Å². The molecule has 1 aromatic heterocycles. The zero-order valence-corrected chi connectivity index (χ0v) is 8.86. The fraction of sp³-hybridized carbons (Fsp3) is 0.556. The van der Waals surface area contributed by atoms with Crippen LogP contribution in [0.2, 0.25) is 0 Å². The number of unbranched alkanes of at least 4 members (excludes halogenated alkanes) is 1. The van der Waals surface area contributed by atoms with E-state index in [0.29, 0.717) is 18.1 Å². The summed E-state index contributed by atoms with van der Waals surface area (Å²) in [6.45, 7) is 2.03. The van der Waals surface area contributed by atoms with E-state index in [1.54, 1.807) is 7.05 Å². The molecule has 0 saturated heterocycles. The van der Waals surface area contributed by atoms with E-state index in [4.69, 9.17) is 0 Å². The van der Waals surface area contributed by atoms with Crippen LogP contribution in [0.5, 0.6) is 0 Å². The number of anilines is 1. The zero-order valence-electron chi connectivity index (χ0n) is 8.86. The smallest absolute Gasteiger partial charge is 0.309 e. The lowest BCUT2D eigenvalue weighted by atomic mass is 10.2. The minimum Gasteiger partial charge on any atom is -0.357 e. The maximum atomic E-state index is 10.7. The second-order valence-corrected chi connectivity index (χ2v) is 3.14. The molecule has 1 rings (SSSR count). The van der Waals surface area contributed by atoms with Crippen LogP contribution in [-0.4, -0.2) is 21.9 Å². The number of aromatic nitrogens is 2. The molecular formula is C9H14N4O2. The van der Waals surface area contributed by atoms with Crippen molar-refractivity contribution < 1.29 is 4.92 Å². The third-order valence-electron chi connectivity index (χ3n) is 2.03.